The SMILES string of the molecule is O=C(CC1CCCCC1)N1CCN(c2nc(CN3CCCC3)cs2)CC1. The van der Waals surface area contributed by atoms with Crippen LogP contribution < -0.4 is 4.90 Å². The number of rotatable bonds is 5. The lowest BCUT2D eigenvalue weighted by Crippen LogP contribution is -2.49. The van der Waals surface area contributed by atoms with Crippen molar-refractivity contribution in [2.24, 2.45) is 5.92 Å². The molecule has 0 radical (unpaired) electrons. The zero-order valence-electron chi connectivity index (χ0n) is 15.9. The van der Waals surface area contributed by atoms with Crippen molar-refractivity contribution in [3.05, 3.63) is 11.1 Å². The van der Waals surface area contributed by atoms with Crippen LogP contribution in [0.2, 0.25) is 0 Å². The smallest absolute Gasteiger partial charge is 0.222 e. The van der Waals surface area contributed by atoms with E-state index in [-0.39, 0.29) is 0 Å². The normalized spacial score (nSPS) is 22.9. The molecular weight excluding hydrogens is 344 g/mol. The Hall–Kier alpha value is -1.14. The summed E-state index contributed by atoms with van der Waals surface area (Å²) < 4.78 is 0. The lowest BCUT2D eigenvalue weighted by molar-refractivity contribution is -0.132. The van der Waals surface area contributed by atoms with Gasteiger partial charge >= 0.3 is 0 Å². The molecule has 0 bridgehead atoms. The first-order chi connectivity index (χ1) is 12.8. The minimum atomic E-state index is 0.380. The maximum absolute atomic E-state index is 12.6. The van der Waals surface area contributed by atoms with Gasteiger partial charge < -0.3 is 9.80 Å². The summed E-state index contributed by atoms with van der Waals surface area (Å²) >= 11 is 1.76. The Morgan fingerprint density at radius 2 is 1.73 bits per heavy atom. The Bertz CT molecular complexity index is 584. The largest absolute Gasteiger partial charge is 0.345 e. The van der Waals surface area contributed by atoms with Crippen molar-refractivity contribution in [2.45, 2.75) is 57.9 Å². The van der Waals surface area contributed by atoms with Crippen molar-refractivity contribution in [2.75, 3.05) is 44.2 Å². The van der Waals surface area contributed by atoms with E-state index in [1.165, 1.54) is 63.7 Å². The van der Waals surface area contributed by atoms with Crippen molar-refractivity contribution in [3.63, 3.8) is 0 Å². The summed E-state index contributed by atoms with van der Waals surface area (Å²) in [5.74, 6) is 1.02. The first-order valence-electron chi connectivity index (χ1n) is 10.5. The molecule has 2 aliphatic heterocycles. The van der Waals surface area contributed by atoms with Gasteiger partial charge in [-0.25, -0.2) is 4.98 Å². The van der Waals surface area contributed by atoms with Gasteiger partial charge in [0.2, 0.25) is 5.91 Å². The Morgan fingerprint density at radius 1 is 1.00 bits per heavy atom. The van der Waals surface area contributed by atoms with Gasteiger partial charge in [-0.15, -0.1) is 11.3 Å². The molecule has 0 atom stereocenters. The first kappa shape index (κ1) is 18.2. The predicted molar refractivity (Wildman–Crippen MR) is 107 cm³/mol. The molecule has 0 aromatic carbocycles. The van der Waals surface area contributed by atoms with E-state index in [1.807, 2.05) is 0 Å². The fraction of sp³-hybridized carbons (Fsp3) is 0.800. The molecule has 3 heterocycles. The van der Waals surface area contributed by atoms with E-state index in [9.17, 15) is 4.79 Å². The number of carbonyl (C=O) groups is 1. The van der Waals surface area contributed by atoms with Gasteiger partial charge in [-0.1, -0.05) is 19.3 Å². The van der Waals surface area contributed by atoms with E-state index in [2.05, 4.69) is 20.1 Å². The Kier molecular flexibility index (Phi) is 6.10. The molecule has 0 unspecified atom stereocenters. The molecule has 1 amide bonds. The van der Waals surface area contributed by atoms with Crippen LogP contribution in [0.3, 0.4) is 0 Å². The Labute approximate surface area is 161 Å². The second-order valence-electron chi connectivity index (χ2n) is 8.18. The van der Waals surface area contributed by atoms with Gasteiger partial charge in [0.25, 0.3) is 0 Å². The summed E-state index contributed by atoms with van der Waals surface area (Å²) in [6.07, 6.45) is 9.93. The highest BCUT2D eigenvalue weighted by Crippen LogP contribution is 2.28. The van der Waals surface area contributed by atoms with Gasteiger partial charge in [0.05, 0.1) is 5.69 Å². The van der Waals surface area contributed by atoms with Gasteiger partial charge in [0, 0.05) is 44.5 Å². The fourth-order valence-corrected chi connectivity index (χ4v) is 5.47. The van der Waals surface area contributed by atoms with Crippen molar-refractivity contribution in [1.82, 2.24) is 14.8 Å². The van der Waals surface area contributed by atoms with E-state index in [0.717, 1.165) is 44.3 Å². The maximum atomic E-state index is 12.6. The maximum Gasteiger partial charge on any atom is 0.222 e. The number of hydrogen-bond donors (Lipinski definition) is 0. The molecule has 1 aromatic heterocycles. The van der Waals surface area contributed by atoms with Crippen molar-refractivity contribution >= 4 is 22.4 Å². The fourth-order valence-electron chi connectivity index (χ4n) is 4.60. The lowest BCUT2D eigenvalue weighted by atomic mass is 9.86. The average molecular weight is 377 g/mol. The average Bonchev–Trinajstić information content (AvgIpc) is 3.35. The molecule has 1 aromatic rings. The second kappa shape index (κ2) is 8.70. The van der Waals surface area contributed by atoms with E-state index in [0.29, 0.717) is 11.8 Å². The summed E-state index contributed by atoms with van der Waals surface area (Å²) in [6.45, 7) is 6.99. The van der Waals surface area contributed by atoms with Gasteiger partial charge in [-0.2, -0.15) is 0 Å². The van der Waals surface area contributed by atoms with Crippen LogP contribution in [0.15, 0.2) is 5.38 Å². The van der Waals surface area contributed by atoms with Gasteiger partial charge in [0.15, 0.2) is 5.13 Å². The van der Waals surface area contributed by atoms with Crippen LogP contribution in [0.1, 0.15) is 57.1 Å². The summed E-state index contributed by atoms with van der Waals surface area (Å²) in [7, 11) is 0. The molecule has 6 heteroatoms. The molecule has 1 saturated carbocycles. The molecule has 5 nitrogen and oxygen atoms in total. The molecule has 0 spiro atoms. The van der Waals surface area contributed by atoms with Crippen molar-refractivity contribution < 1.29 is 4.79 Å². The predicted octanol–water partition coefficient (Wildman–Crippen LogP) is 3.36. The topological polar surface area (TPSA) is 39.7 Å². The first-order valence-corrected chi connectivity index (χ1v) is 11.4. The van der Waals surface area contributed by atoms with Crippen LogP contribution in [0.4, 0.5) is 5.13 Å². The van der Waals surface area contributed by atoms with Crippen LogP contribution in [0.5, 0.6) is 0 Å². The van der Waals surface area contributed by atoms with Crippen molar-refractivity contribution in [3.8, 4) is 0 Å². The third kappa shape index (κ3) is 4.58. The number of anilines is 1. The van der Waals surface area contributed by atoms with E-state index >= 15 is 0 Å². The van der Waals surface area contributed by atoms with Crippen LogP contribution in [-0.4, -0.2) is 60.0 Å². The molecule has 0 N–H and O–H groups in total. The number of aromatic nitrogens is 1. The van der Waals surface area contributed by atoms with Crippen LogP contribution in [0.25, 0.3) is 0 Å². The molecule has 4 rings (SSSR count). The second-order valence-corrected chi connectivity index (χ2v) is 9.02. The lowest BCUT2D eigenvalue weighted by Gasteiger charge is -2.35. The van der Waals surface area contributed by atoms with Gasteiger partial charge in [-0.05, 0) is 44.7 Å². The molecule has 1 aliphatic carbocycles. The summed E-state index contributed by atoms with van der Waals surface area (Å²) in [4.78, 5) is 24.4. The number of amides is 1. The number of piperazine rings is 1. The van der Waals surface area contributed by atoms with Gasteiger partial charge in [-0.3, -0.25) is 9.69 Å². The highest BCUT2D eigenvalue weighted by atomic mass is 32.1. The van der Waals surface area contributed by atoms with Gasteiger partial charge in [0.1, 0.15) is 0 Å². The molecule has 3 aliphatic rings. The quantitative estimate of drug-likeness (QED) is 0.790. The van der Waals surface area contributed by atoms with E-state index < -0.39 is 0 Å². The summed E-state index contributed by atoms with van der Waals surface area (Å²) in [5, 5.41) is 3.35. The Balaban J connectivity index is 1.24. The number of carbonyl (C=O) groups excluding carboxylic acids is 1. The zero-order chi connectivity index (χ0) is 17.8. The third-order valence-corrected chi connectivity index (χ3v) is 7.17. The van der Waals surface area contributed by atoms with E-state index in [1.54, 1.807) is 11.3 Å². The zero-order valence-corrected chi connectivity index (χ0v) is 16.7. The summed E-state index contributed by atoms with van der Waals surface area (Å²) in [6, 6.07) is 0. The van der Waals surface area contributed by atoms with Crippen LogP contribution in [-0.2, 0) is 11.3 Å². The molecule has 26 heavy (non-hydrogen) atoms. The number of likely N-dealkylation sites (tertiary alicyclic amines) is 1. The summed E-state index contributed by atoms with van der Waals surface area (Å²) in [5.41, 5.74) is 1.21. The van der Waals surface area contributed by atoms with Crippen LogP contribution >= 0.6 is 11.3 Å². The number of hydrogen-bond acceptors (Lipinski definition) is 5. The standard InChI is InChI=1S/C20H32N4OS/c25-19(14-17-6-2-1-3-7-17)23-10-12-24(13-11-23)20-21-18(16-26-20)15-22-8-4-5-9-22/h16-17H,1-15H2. The van der Waals surface area contributed by atoms with E-state index in [4.69, 9.17) is 4.98 Å². The highest BCUT2D eigenvalue weighted by molar-refractivity contribution is 7.13. The minimum Gasteiger partial charge on any atom is -0.345 e. The monoisotopic (exact) mass is 376 g/mol. The van der Waals surface area contributed by atoms with Crippen LogP contribution in [0, 0.1) is 5.92 Å². The molecule has 2 saturated heterocycles. The number of thiazole rings is 1. The van der Waals surface area contributed by atoms with Crippen molar-refractivity contribution in [1.29, 1.82) is 0 Å². The molecule has 3 fully saturated rings. The highest BCUT2D eigenvalue weighted by Gasteiger charge is 2.25. The third-order valence-electron chi connectivity index (χ3n) is 6.21. The molecular formula is C20H32N4OS. The number of nitrogens with zero attached hydrogens (tertiary/aromatic N) is 4. The Morgan fingerprint density at radius 3 is 2.46 bits per heavy atom. The molecule has 144 valence electrons. The minimum absolute atomic E-state index is 0.380.